The van der Waals surface area contributed by atoms with E-state index in [1.54, 1.807) is 11.3 Å². The van der Waals surface area contributed by atoms with Gasteiger partial charge in [-0.2, -0.15) is 0 Å². The van der Waals surface area contributed by atoms with Crippen LogP contribution < -0.4 is 10.6 Å². The van der Waals surface area contributed by atoms with E-state index >= 15 is 0 Å². The fourth-order valence-electron chi connectivity index (χ4n) is 2.71. The Morgan fingerprint density at radius 3 is 2.80 bits per heavy atom. The molecular formula is C16H21N3S. The number of hydrogen-bond acceptors (Lipinski definition) is 4. The summed E-state index contributed by atoms with van der Waals surface area (Å²) in [6.45, 7) is 6.49. The highest BCUT2D eigenvalue weighted by Crippen LogP contribution is 2.28. The zero-order valence-electron chi connectivity index (χ0n) is 12.1. The summed E-state index contributed by atoms with van der Waals surface area (Å²) in [6.07, 6.45) is 2.36. The first-order valence-corrected chi connectivity index (χ1v) is 8.11. The van der Waals surface area contributed by atoms with Gasteiger partial charge in [-0.1, -0.05) is 23.8 Å². The van der Waals surface area contributed by atoms with E-state index < -0.39 is 0 Å². The van der Waals surface area contributed by atoms with Crippen LogP contribution in [0.5, 0.6) is 0 Å². The minimum atomic E-state index is 0.564. The fourth-order valence-corrected chi connectivity index (χ4v) is 3.49. The maximum absolute atomic E-state index is 4.75. The van der Waals surface area contributed by atoms with Gasteiger partial charge in [0.1, 0.15) is 0 Å². The van der Waals surface area contributed by atoms with Crippen LogP contribution in [-0.2, 0) is 0 Å². The van der Waals surface area contributed by atoms with Crippen molar-refractivity contribution in [1.82, 2.24) is 10.3 Å². The van der Waals surface area contributed by atoms with Crippen LogP contribution in [0.15, 0.2) is 23.6 Å². The van der Waals surface area contributed by atoms with E-state index in [2.05, 4.69) is 48.1 Å². The first-order chi connectivity index (χ1) is 9.72. The van der Waals surface area contributed by atoms with Crippen molar-refractivity contribution in [2.75, 3.05) is 18.4 Å². The highest BCUT2D eigenvalue weighted by atomic mass is 32.1. The molecule has 1 fully saturated rings. The molecule has 0 atom stereocenters. The van der Waals surface area contributed by atoms with Crippen molar-refractivity contribution in [1.29, 1.82) is 0 Å². The van der Waals surface area contributed by atoms with E-state index in [0.29, 0.717) is 6.04 Å². The van der Waals surface area contributed by atoms with E-state index in [0.717, 1.165) is 23.9 Å². The number of nitrogens with zero attached hydrogens (tertiary/aromatic N) is 1. The van der Waals surface area contributed by atoms with Crippen LogP contribution in [0.2, 0.25) is 0 Å². The molecule has 2 N–H and O–H groups in total. The molecule has 0 saturated carbocycles. The summed E-state index contributed by atoms with van der Waals surface area (Å²) in [4.78, 5) is 4.75. The van der Waals surface area contributed by atoms with Crippen molar-refractivity contribution in [2.24, 2.45) is 0 Å². The van der Waals surface area contributed by atoms with E-state index in [4.69, 9.17) is 4.98 Å². The molecule has 0 spiro atoms. The summed E-state index contributed by atoms with van der Waals surface area (Å²) in [5, 5.41) is 10.2. The predicted molar refractivity (Wildman–Crippen MR) is 86.5 cm³/mol. The van der Waals surface area contributed by atoms with Gasteiger partial charge in [0.05, 0.1) is 5.69 Å². The first-order valence-electron chi connectivity index (χ1n) is 7.23. The molecule has 1 aromatic heterocycles. The molecule has 1 aromatic carbocycles. The second kappa shape index (κ2) is 5.94. The topological polar surface area (TPSA) is 37.0 Å². The van der Waals surface area contributed by atoms with Crippen molar-refractivity contribution >= 4 is 16.5 Å². The van der Waals surface area contributed by atoms with E-state index in [9.17, 15) is 0 Å². The number of hydrogen-bond donors (Lipinski definition) is 2. The lowest BCUT2D eigenvalue weighted by Crippen LogP contribution is -2.35. The van der Waals surface area contributed by atoms with Crippen molar-refractivity contribution in [3.8, 4) is 11.3 Å². The standard InChI is InChI=1S/C16H21N3S/c1-11-3-4-14(12(2)9-11)15-10-20-16(19-15)18-13-5-7-17-8-6-13/h3-4,9-10,13,17H,5-8H2,1-2H3,(H,18,19). The molecule has 3 rings (SSSR count). The second-order valence-electron chi connectivity index (χ2n) is 5.52. The van der Waals surface area contributed by atoms with E-state index in [1.807, 2.05) is 0 Å². The predicted octanol–water partition coefficient (Wildman–Crippen LogP) is 3.59. The maximum atomic E-state index is 4.75. The van der Waals surface area contributed by atoms with Gasteiger partial charge in [0.15, 0.2) is 5.13 Å². The third-order valence-electron chi connectivity index (χ3n) is 3.83. The Kier molecular flexibility index (Phi) is 4.03. The highest BCUT2D eigenvalue weighted by molar-refractivity contribution is 7.14. The summed E-state index contributed by atoms with van der Waals surface area (Å²) < 4.78 is 0. The Bertz CT molecular complexity index is 585. The zero-order chi connectivity index (χ0) is 13.9. The number of nitrogens with one attached hydrogen (secondary N) is 2. The Morgan fingerprint density at radius 1 is 1.25 bits per heavy atom. The minimum absolute atomic E-state index is 0.564. The number of piperidine rings is 1. The Hall–Kier alpha value is -1.39. The molecule has 106 valence electrons. The van der Waals surface area contributed by atoms with E-state index in [-0.39, 0.29) is 0 Å². The minimum Gasteiger partial charge on any atom is -0.359 e. The molecule has 20 heavy (non-hydrogen) atoms. The Morgan fingerprint density at radius 2 is 2.05 bits per heavy atom. The lowest BCUT2D eigenvalue weighted by atomic mass is 10.0. The van der Waals surface area contributed by atoms with Crippen molar-refractivity contribution in [2.45, 2.75) is 32.7 Å². The van der Waals surface area contributed by atoms with Crippen LogP contribution in [0.1, 0.15) is 24.0 Å². The fraction of sp³-hybridized carbons (Fsp3) is 0.438. The largest absolute Gasteiger partial charge is 0.359 e. The molecule has 1 aliphatic rings. The maximum Gasteiger partial charge on any atom is 0.183 e. The van der Waals surface area contributed by atoms with Gasteiger partial charge in [-0.05, 0) is 45.3 Å². The van der Waals surface area contributed by atoms with Gasteiger partial charge in [0.25, 0.3) is 0 Å². The lowest BCUT2D eigenvalue weighted by Gasteiger charge is -2.23. The monoisotopic (exact) mass is 287 g/mol. The number of aryl methyl sites for hydroxylation is 2. The number of rotatable bonds is 3. The molecule has 4 heteroatoms. The number of anilines is 1. The number of aromatic nitrogens is 1. The third kappa shape index (κ3) is 3.02. The number of benzene rings is 1. The summed E-state index contributed by atoms with van der Waals surface area (Å²) in [5.74, 6) is 0. The average molecular weight is 287 g/mol. The highest BCUT2D eigenvalue weighted by Gasteiger charge is 2.14. The van der Waals surface area contributed by atoms with Gasteiger partial charge < -0.3 is 10.6 Å². The van der Waals surface area contributed by atoms with Crippen LogP contribution in [0, 0.1) is 13.8 Å². The van der Waals surface area contributed by atoms with Crippen LogP contribution >= 0.6 is 11.3 Å². The van der Waals surface area contributed by atoms with E-state index in [1.165, 1.54) is 29.5 Å². The molecule has 0 unspecified atom stereocenters. The first kappa shape index (κ1) is 13.6. The van der Waals surface area contributed by atoms with Crippen LogP contribution in [-0.4, -0.2) is 24.1 Å². The molecular weight excluding hydrogens is 266 g/mol. The molecule has 1 aliphatic heterocycles. The molecule has 0 radical (unpaired) electrons. The van der Waals surface area contributed by atoms with Crippen LogP contribution in [0.3, 0.4) is 0 Å². The van der Waals surface area contributed by atoms with Gasteiger partial charge in [-0.25, -0.2) is 4.98 Å². The quantitative estimate of drug-likeness (QED) is 0.906. The normalized spacial score (nSPS) is 16.3. The van der Waals surface area contributed by atoms with Crippen LogP contribution in [0.25, 0.3) is 11.3 Å². The van der Waals surface area contributed by atoms with Gasteiger partial charge in [-0.3, -0.25) is 0 Å². The Balaban J connectivity index is 1.75. The van der Waals surface area contributed by atoms with Gasteiger partial charge in [0.2, 0.25) is 0 Å². The van der Waals surface area contributed by atoms with Crippen molar-refractivity contribution < 1.29 is 0 Å². The molecule has 2 aromatic rings. The third-order valence-corrected chi connectivity index (χ3v) is 4.60. The van der Waals surface area contributed by atoms with Gasteiger partial charge in [0, 0.05) is 17.0 Å². The van der Waals surface area contributed by atoms with Gasteiger partial charge in [-0.15, -0.1) is 11.3 Å². The average Bonchev–Trinajstić information content (AvgIpc) is 2.88. The summed E-state index contributed by atoms with van der Waals surface area (Å²) in [6, 6.07) is 7.11. The molecule has 3 nitrogen and oxygen atoms in total. The summed E-state index contributed by atoms with van der Waals surface area (Å²) >= 11 is 1.71. The smallest absolute Gasteiger partial charge is 0.183 e. The summed E-state index contributed by atoms with van der Waals surface area (Å²) in [5.41, 5.74) is 4.92. The van der Waals surface area contributed by atoms with Gasteiger partial charge >= 0.3 is 0 Å². The lowest BCUT2D eigenvalue weighted by molar-refractivity contribution is 0.479. The molecule has 0 amide bonds. The van der Waals surface area contributed by atoms with Crippen LogP contribution in [0.4, 0.5) is 5.13 Å². The molecule has 2 heterocycles. The number of thiazole rings is 1. The molecule has 1 saturated heterocycles. The Labute approximate surface area is 124 Å². The molecule has 0 aliphatic carbocycles. The van der Waals surface area contributed by atoms with Crippen molar-refractivity contribution in [3.63, 3.8) is 0 Å². The molecule has 0 bridgehead atoms. The summed E-state index contributed by atoms with van der Waals surface area (Å²) in [7, 11) is 0. The van der Waals surface area contributed by atoms with Crippen molar-refractivity contribution in [3.05, 3.63) is 34.7 Å². The zero-order valence-corrected chi connectivity index (χ0v) is 12.9. The second-order valence-corrected chi connectivity index (χ2v) is 6.38. The SMILES string of the molecule is Cc1ccc(-c2csc(NC3CCNCC3)n2)c(C)c1.